The van der Waals surface area contributed by atoms with Crippen molar-refractivity contribution >= 4 is 43.6 Å². The van der Waals surface area contributed by atoms with Crippen molar-refractivity contribution in [3.8, 4) is 45.3 Å². The van der Waals surface area contributed by atoms with Gasteiger partial charge in [0.15, 0.2) is 0 Å². The molecule has 0 saturated carbocycles. The Balaban J connectivity index is 0.00000256. The second-order valence-electron chi connectivity index (χ2n) is 10.00. The molecule has 186 valence electrons. The molecule has 3 aromatic carbocycles. The fraction of sp³-hybridized carbons (Fsp3) is 0. The van der Waals surface area contributed by atoms with E-state index in [4.69, 9.17) is 19.9 Å². The maximum absolute atomic E-state index is 5.11. The van der Waals surface area contributed by atoms with E-state index in [0.29, 0.717) is 0 Å². The molecular formula is C34H18N6Zn. The molecule has 8 bridgehead atoms. The van der Waals surface area contributed by atoms with Crippen LogP contribution < -0.4 is 9.97 Å². The van der Waals surface area contributed by atoms with Gasteiger partial charge in [-0.15, -0.1) is 22.1 Å². The molecule has 2 aliphatic heterocycles. The standard InChI is InChI=1S/C34H18N6.Zn/c1-2-8-20-19(7-1)25-15-27-21-9-3-5-11-23(21)29(38-27)17-31-33-34(36-14-13-35-33)32(40-31)18-30-24-12-6-4-10-22(24)28(39-30)16-26(20)37-25;/h1-18H;/q-2;+2. The Bertz CT molecular complexity index is 2030. The van der Waals surface area contributed by atoms with E-state index in [0.717, 1.165) is 88.9 Å². The molecule has 0 radical (unpaired) electrons. The Morgan fingerprint density at radius 1 is 0.415 bits per heavy atom. The molecule has 6 heterocycles. The minimum Gasteiger partial charge on any atom is -0.657 e. The maximum Gasteiger partial charge on any atom is 2.00 e. The summed E-state index contributed by atoms with van der Waals surface area (Å²) >= 11 is 0. The van der Waals surface area contributed by atoms with Crippen LogP contribution in [-0.2, 0) is 19.5 Å². The number of benzene rings is 3. The van der Waals surface area contributed by atoms with Crippen LogP contribution in [0.2, 0.25) is 0 Å². The van der Waals surface area contributed by atoms with Crippen LogP contribution in [0.25, 0.3) is 88.9 Å². The second-order valence-corrected chi connectivity index (χ2v) is 10.00. The summed E-state index contributed by atoms with van der Waals surface area (Å²) in [5.74, 6) is 0. The van der Waals surface area contributed by atoms with Gasteiger partial charge in [-0.2, -0.15) is 0 Å². The average Bonchev–Trinajstić information content (AvgIpc) is 3.73. The third-order valence-electron chi connectivity index (χ3n) is 7.68. The molecular weight excluding hydrogens is 558 g/mol. The van der Waals surface area contributed by atoms with E-state index in [1.54, 1.807) is 12.4 Å². The van der Waals surface area contributed by atoms with E-state index in [1.807, 2.05) is 36.4 Å². The first-order chi connectivity index (χ1) is 19.8. The van der Waals surface area contributed by atoms with Crippen LogP contribution in [0.3, 0.4) is 0 Å². The first-order valence-electron chi connectivity index (χ1n) is 13.1. The van der Waals surface area contributed by atoms with Crippen molar-refractivity contribution in [2.45, 2.75) is 0 Å². The third-order valence-corrected chi connectivity index (χ3v) is 7.68. The summed E-state index contributed by atoms with van der Waals surface area (Å²) < 4.78 is 0. The van der Waals surface area contributed by atoms with Crippen LogP contribution >= 0.6 is 0 Å². The van der Waals surface area contributed by atoms with E-state index in [-0.39, 0.29) is 19.5 Å². The Morgan fingerprint density at radius 3 is 1.17 bits per heavy atom. The Hall–Kier alpha value is -5.00. The molecule has 0 amide bonds. The number of nitrogens with zero attached hydrogens (tertiary/aromatic N) is 6. The minimum absolute atomic E-state index is 0. The van der Waals surface area contributed by atoms with E-state index in [9.17, 15) is 0 Å². The summed E-state index contributed by atoms with van der Waals surface area (Å²) in [4.78, 5) is 29.6. The number of rotatable bonds is 0. The summed E-state index contributed by atoms with van der Waals surface area (Å²) in [5, 5.41) is 4.24. The molecule has 0 fully saturated rings. The van der Waals surface area contributed by atoms with Gasteiger partial charge in [0.05, 0.1) is 22.8 Å². The maximum atomic E-state index is 5.11. The number of fused-ring (bicyclic) bond motifs is 20. The van der Waals surface area contributed by atoms with Gasteiger partial charge in [0.1, 0.15) is 11.4 Å². The van der Waals surface area contributed by atoms with Crippen LogP contribution in [0.5, 0.6) is 0 Å². The van der Waals surface area contributed by atoms with E-state index >= 15 is 0 Å². The van der Waals surface area contributed by atoms with Crippen LogP contribution in [0.4, 0.5) is 0 Å². The van der Waals surface area contributed by atoms with Gasteiger partial charge in [-0.1, -0.05) is 72.8 Å². The Kier molecular flexibility index (Phi) is 5.24. The summed E-state index contributed by atoms with van der Waals surface area (Å²) in [6.45, 7) is 0. The predicted octanol–water partition coefficient (Wildman–Crippen LogP) is 7.33. The third kappa shape index (κ3) is 3.59. The van der Waals surface area contributed by atoms with Gasteiger partial charge in [0.25, 0.3) is 0 Å². The molecule has 41 heavy (non-hydrogen) atoms. The minimum atomic E-state index is 0. The average molecular weight is 576 g/mol. The second kappa shape index (κ2) is 9.01. The van der Waals surface area contributed by atoms with Crippen molar-refractivity contribution in [1.29, 1.82) is 0 Å². The Labute approximate surface area is 247 Å². The molecule has 2 aliphatic rings. The van der Waals surface area contributed by atoms with E-state index in [1.165, 1.54) is 0 Å². The van der Waals surface area contributed by atoms with Crippen LogP contribution in [0.15, 0.2) is 109 Å². The molecule has 0 saturated heterocycles. The quantitative estimate of drug-likeness (QED) is 0.176. The van der Waals surface area contributed by atoms with Crippen molar-refractivity contribution in [2.24, 2.45) is 0 Å². The van der Waals surface area contributed by atoms with Crippen molar-refractivity contribution in [3.05, 3.63) is 109 Å². The SMILES string of the molecule is [Zn+2].c1ccc2c(c1)-c1cc3[n-]c(cc4nc(cc5[n-]c(cc-2n1)c1ccccc51)-c1nccnc1-4)c1ccccc31. The molecule has 7 aromatic rings. The molecule has 4 aromatic heterocycles. The van der Waals surface area contributed by atoms with Gasteiger partial charge in [-0.3, -0.25) is 9.97 Å². The van der Waals surface area contributed by atoms with Crippen LogP contribution in [0, 0.1) is 0 Å². The molecule has 7 heteroatoms. The summed E-state index contributed by atoms with van der Waals surface area (Å²) in [6, 6.07) is 33.1. The van der Waals surface area contributed by atoms with Gasteiger partial charge in [-0.05, 0) is 45.8 Å². The zero-order valence-corrected chi connectivity index (χ0v) is 24.7. The first kappa shape index (κ1) is 23.9. The van der Waals surface area contributed by atoms with Gasteiger partial charge in [0, 0.05) is 23.5 Å². The zero-order chi connectivity index (χ0) is 26.2. The number of hydrogen-bond donors (Lipinski definition) is 0. The Morgan fingerprint density at radius 2 is 0.756 bits per heavy atom. The van der Waals surface area contributed by atoms with Crippen molar-refractivity contribution in [1.82, 2.24) is 29.9 Å². The van der Waals surface area contributed by atoms with Crippen LogP contribution in [-0.4, -0.2) is 19.9 Å². The summed E-state index contributed by atoms with van der Waals surface area (Å²) in [7, 11) is 0. The molecule has 0 N–H and O–H groups in total. The normalized spacial score (nSPS) is 11.7. The fourth-order valence-electron chi connectivity index (χ4n) is 5.87. The monoisotopic (exact) mass is 574 g/mol. The molecule has 6 nitrogen and oxygen atoms in total. The van der Waals surface area contributed by atoms with Crippen molar-refractivity contribution in [2.75, 3.05) is 0 Å². The molecule has 0 aliphatic carbocycles. The largest absolute Gasteiger partial charge is 2.00 e. The van der Waals surface area contributed by atoms with Gasteiger partial charge in [-0.25, -0.2) is 9.97 Å². The van der Waals surface area contributed by atoms with Crippen molar-refractivity contribution in [3.63, 3.8) is 0 Å². The van der Waals surface area contributed by atoms with Crippen molar-refractivity contribution < 1.29 is 19.5 Å². The van der Waals surface area contributed by atoms with E-state index in [2.05, 4.69) is 70.6 Å². The van der Waals surface area contributed by atoms with E-state index < -0.39 is 0 Å². The molecule has 0 atom stereocenters. The first-order valence-corrected chi connectivity index (χ1v) is 13.1. The van der Waals surface area contributed by atoms with Crippen LogP contribution in [0.1, 0.15) is 0 Å². The smallest absolute Gasteiger partial charge is 0.657 e. The predicted molar refractivity (Wildman–Crippen MR) is 158 cm³/mol. The molecule has 0 unspecified atom stereocenters. The number of hydrogen-bond acceptors (Lipinski definition) is 4. The van der Waals surface area contributed by atoms with Gasteiger partial charge >= 0.3 is 19.5 Å². The summed E-state index contributed by atoms with van der Waals surface area (Å²) in [6.07, 6.45) is 3.41. The molecule has 9 rings (SSSR count). The zero-order valence-electron chi connectivity index (χ0n) is 21.8. The summed E-state index contributed by atoms with van der Waals surface area (Å²) in [5.41, 5.74) is 10.3. The van der Waals surface area contributed by atoms with Gasteiger partial charge < -0.3 is 9.97 Å². The fourth-order valence-corrected chi connectivity index (χ4v) is 5.87. The topological polar surface area (TPSA) is 79.8 Å². The number of aromatic nitrogens is 6. The molecule has 0 spiro atoms. The van der Waals surface area contributed by atoms with Gasteiger partial charge in [0.2, 0.25) is 0 Å².